The van der Waals surface area contributed by atoms with E-state index in [0.29, 0.717) is 26.9 Å². The molecule has 0 unspecified atom stereocenters. The van der Waals surface area contributed by atoms with Gasteiger partial charge in [0.1, 0.15) is 5.82 Å². The van der Waals surface area contributed by atoms with E-state index >= 15 is 0 Å². The third-order valence-electron chi connectivity index (χ3n) is 5.19. The van der Waals surface area contributed by atoms with Crippen molar-refractivity contribution in [2.75, 3.05) is 14.1 Å². The van der Waals surface area contributed by atoms with Crippen molar-refractivity contribution < 1.29 is 0 Å². The molecule has 0 spiro atoms. The molecular formula is C22H23ClN6OS. The second-order valence-electron chi connectivity index (χ2n) is 7.52. The number of thioether (sulfide) groups is 1. The van der Waals surface area contributed by atoms with Crippen LogP contribution in [0.4, 0.5) is 0 Å². The predicted molar refractivity (Wildman–Crippen MR) is 125 cm³/mol. The van der Waals surface area contributed by atoms with Gasteiger partial charge in [-0.05, 0) is 64.3 Å². The van der Waals surface area contributed by atoms with Gasteiger partial charge in [0.15, 0.2) is 11.0 Å². The summed E-state index contributed by atoms with van der Waals surface area (Å²) in [4.78, 5) is 22.1. The van der Waals surface area contributed by atoms with E-state index in [-0.39, 0.29) is 16.9 Å². The summed E-state index contributed by atoms with van der Waals surface area (Å²) < 4.78 is 2.03. The van der Waals surface area contributed by atoms with E-state index in [1.54, 1.807) is 6.07 Å². The minimum atomic E-state index is -0.144. The largest absolute Gasteiger partial charge is 0.309 e. The molecule has 0 saturated carbocycles. The van der Waals surface area contributed by atoms with Gasteiger partial charge in [0.25, 0.3) is 5.56 Å². The first-order valence-corrected chi connectivity index (χ1v) is 11.1. The van der Waals surface area contributed by atoms with Crippen LogP contribution in [0.1, 0.15) is 36.8 Å². The van der Waals surface area contributed by atoms with Gasteiger partial charge in [0.05, 0.1) is 22.2 Å². The van der Waals surface area contributed by atoms with E-state index in [2.05, 4.69) is 32.0 Å². The van der Waals surface area contributed by atoms with Crippen molar-refractivity contribution in [1.82, 2.24) is 29.6 Å². The van der Waals surface area contributed by atoms with Crippen LogP contribution in [0.15, 0.2) is 58.5 Å². The van der Waals surface area contributed by atoms with Crippen LogP contribution < -0.4 is 5.56 Å². The van der Waals surface area contributed by atoms with E-state index in [0.717, 1.165) is 11.5 Å². The quantitative estimate of drug-likeness (QED) is 0.428. The number of nitrogens with one attached hydrogen (secondary N) is 1. The number of hydrogen-bond donors (Lipinski definition) is 1. The minimum Gasteiger partial charge on any atom is -0.309 e. The summed E-state index contributed by atoms with van der Waals surface area (Å²) in [7, 11) is 4.01. The number of fused-ring (bicyclic) bond motifs is 1. The van der Waals surface area contributed by atoms with Gasteiger partial charge in [0.2, 0.25) is 0 Å². The highest BCUT2D eigenvalue weighted by molar-refractivity contribution is 7.99. The van der Waals surface area contributed by atoms with Crippen LogP contribution >= 0.6 is 23.4 Å². The summed E-state index contributed by atoms with van der Waals surface area (Å²) in [6.07, 6.45) is 0. The monoisotopic (exact) mass is 454 g/mol. The van der Waals surface area contributed by atoms with Crippen LogP contribution in [0.2, 0.25) is 5.02 Å². The van der Waals surface area contributed by atoms with Gasteiger partial charge in [0, 0.05) is 10.7 Å². The number of halogens is 1. The Hall–Kier alpha value is -2.68. The van der Waals surface area contributed by atoms with Crippen LogP contribution in [-0.2, 0) is 0 Å². The van der Waals surface area contributed by atoms with E-state index in [1.165, 1.54) is 11.8 Å². The lowest BCUT2D eigenvalue weighted by Crippen LogP contribution is -2.20. The molecule has 0 bridgehead atoms. The number of aromatic nitrogens is 5. The van der Waals surface area contributed by atoms with Gasteiger partial charge < -0.3 is 4.98 Å². The maximum atomic E-state index is 12.5. The number of H-pyrrole nitrogens is 1. The van der Waals surface area contributed by atoms with Crippen molar-refractivity contribution in [3.63, 3.8) is 0 Å². The van der Waals surface area contributed by atoms with Gasteiger partial charge in [-0.1, -0.05) is 35.5 Å². The Labute approximate surface area is 189 Å². The summed E-state index contributed by atoms with van der Waals surface area (Å²) in [5, 5.41) is 10.8. The molecule has 0 radical (unpaired) electrons. The molecule has 0 fully saturated rings. The molecule has 0 saturated heterocycles. The fourth-order valence-electron chi connectivity index (χ4n) is 3.20. The molecule has 0 amide bonds. The molecule has 2 aromatic heterocycles. The summed E-state index contributed by atoms with van der Waals surface area (Å²) >= 11 is 7.59. The Balaban J connectivity index is 1.74. The number of benzene rings is 2. The molecule has 0 aliphatic heterocycles. The third kappa shape index (κ3) is 4.37. The first-order chi connectivity index (χ1) is 14.8. The summed E-state index contributed by atoms with van der Waals surface area (Å²) in [6.45, 7) is 4.07. The Bertz CT molecular complexity index is 1270. The smallest absolute Gasteiger partial charge is 0.258 e. The molecule has 2 atom stereocenters. The highest BCUT2D eigenvalue weighted by Gasteiger charge is 2.23. The second kappa shape index (κ2) is 8.82. The highest BCUT2D eigenvalue weighted by atomic mass is 35.5. The molecule has 4 rings (SSSR count). The molecule has 160 valence electrons. The lowest BCUT2D eigenvalue weighted by atomic mass is 10.2. The number of hydrogen-bond acceptors (Lipinski definition) is 6. The van der Waals surface area contributed by atoms with E-state index < -0.39 is 0 Å². The van der Waals surface area contributed by atoms with Crippen molar-refractivity contribution in [2.24, 2.45) is 0 Å². The van der Waals surface area contributed by atoms with Crippen LogP contribution in [0.5, 0.6) is 0 Å². The Morgan fingerprint density at radius 3 is 2.48 bits per heavy atom. The van der Waals surface area contributed by atoms with Crippen LogP contribution in [0, 0.1) is 0 Å². The summed E-state index contributed by atoms with van der Waals surface area (Å²) in [5.74, 6) is 1.42. The fraction of sp³-hybridized carbons (Fsp3) is 0.273. The number of aromatic amines is 1. The van der Waals surface area contributed by atoms with E-state index in [1.807, 2.05) is 68.1 Å². The fourth-order valence-corrected chi connectivity index (χ4v) is 4.26. The predicted octanol–water partition coefficient (Wildman–Crippen LogP) is 4.63. The number of para-hydroxylation sites is 1. The SMILES string of the molecule is C[C@H](c1nnc(S[C@H](C)c2nc3ccccc3c(=O)[nH]2)n1-c1ccc(Cl)cc1)N(C)C. The highest BCUT2D eigenvalue weighted by Crippen LogP contribution is 2.35. The summed E-state index contributed by atoms with van der Waals surface area (Å²) in [5.41, 5.74) is 1.46. The third-order valence-corrected chi connectivity index (χ3v) is 6.49. The minimum absolute atomic E-state index is 0.0476. The lowest BCUT2D eigenvalue weighted by molar-refractivity contribution is 0.305. The molecule has 0 aliphatic carbocycles. The number of nitrogens with zero attached hydrogens (tertiary/aromatic N) is 5. The average molecular weight is 455 g/mol. The van der Waals surface area contributed by atoms with Crippen LogP contribution in [0.25, 0.3) is 16.6 Å². The zero-order valence-corrected chi connectivity index (χ0v) is 19.3. The van der Waals surface area contributed by atoms with E-state index in [4.69, 9.17) is 11.6 Å². The van der Waals surface area contributed by atoms with E-state index in [9.17, 15) is 4.79 Å². The topological polar surface area (TPSA) is 79.7 Å². The van der Waals surface area contributed by atoms with Crippen molar-refractivity contribution in [2.45, 2.75) is 30.3 Å². The van der Waals surface area contributed by atoms with Gasteiger partial charge in [-0.2, -0.15) is 0 Å². The molecule has 0 aliphatic rings. The maximum absolute atomic E-state index is 12.5. The molecule has 2 heterocycles. The standard InChI is InChI=1S/C22H23ClN6OS/c1-13(28(3)4)20-26-27-22(29(20)16-11-9-15(23)10-12-16)31-14(2)19-24-18-8-6-5-7-17(18)21(30)25-19/h5-14H,1-4H3,(H,24,25,30)/t13-,14-/m1/s1. The molecule has 9 heteroatoms. The molecule has 1 N–H and O–H groups in total. The van der Waals surface area contributed by atoms with Crippen molar-refractivity contribution in [1.29, 1.82) is 0 Å². The zero-order chi connectivity index (χ0) is 22.1. The van der Waals surface area contributed by atoms with Gasteiger partial charge in [-0.25, -0.2) is 4.98 Å². The zero-order valence-electron chi connectivity index (χ0n) is 17.7. The average Bonchev–Trinajstić information content (AvgIpc) is 3.17. The van der Waals surface area contributed by atoms with Crippen LogP contribution in [0.3, 0.4) is 0 Å². The number of rotatable bonds is 6. The van der Waals surface area contributed by atoms with Gasteiger partial charge in [-0.15, -0.1) is 10.2 Å². The van der Waals surface area contributed by atoms with Gasteiger partial charge >= 0.3 is 0 Å². The van der Waals surface area contributed by atoms with Crippen LogP contribution in [-0.4, -0.2) is 43.7 Å². The molecular weight excluding hydrogens is 432 g/mol. The van der Waals surface area contributed by atoms with Crippen molar-refractivity contribution in [3.05, 3.63) is 75.6 Å². The second-order valence-corrected chi connectivity index (χ2v) is 9.26. The summed E-state index contributed by atoms with van der Waals surface area (Å²) in [6, 6.07) is 15.0. The first kappa shape index (κ1) is 21.5. The Kier molecular flexibility index (Phi) is 6.13. The normalized spacial score (nSPS) is 13.6. The molecule has 4 aromatic rings. The maximum Gasteiger partial charge on any atom is 0.258 e. The van der Waals surface area contributed by atoms with Gasteiger partial charge in [-0.3, -0.25) is 14.3 Å². The molecule has 2 aromatic carbocycles. The first-order valence-electron chi connectivity index (χ1n) is 9.88. The Morgan fingerprint density at radius 2 is 1.77 bits per heavy atom. The molecule has 7 nitrogen and oxygen atoms in total. The molecule has 31 heavy (non-hydrogen) atoms. The Morgan fingerprint density at radius 1 is 1.06 bits per heavy atom. The van der Waals surface area contributed by atoms with Crippen molar-refractivity contribution in [3.8, 4) is 5.69 Å². The lowest BCUT2D eigenvalue weighted by Gasteiger charge is -2.21. The van der Waals surface area contributed by atoms with Crippen molar-refractivity contribution >= 4 is 34.3 Å².